The van der Waals surface area contributed by atoms with Crippen molar-refractivity contribution in [3.8, 4) is 0 Å². The number of thiazole rings is 1. The lowest BCUT2D eigenvalue weighted by molar-refractivity contribution is -0.684. The van der Waals surface area contributed by atoms with Crippen molar-refractivity contribution in [2.45, 2.75) is 19.9 Å². The quantitative estimate of drug-likeness (QED) is 0.170. The minimum absolute atomic E-state index is 0.0174. The fourth-order valence-corrected chi connectivity index (χ4v) is 3.98. The number of benzene rings is 2. The van der Waals surface area contributed by atoms with Gasteiger partial charge in [0, 0.05) is 25.0 Å². The van der Waals surface area contributed by atoms with Crippen LogP contribution in [0.2, 0.25) is 5.02 Å². The monoisotopic (exact) mass is 445 g/mol. The molecule has 0 fully saturated rings. The molecule has 3 aromatic rings. The molecule has 0 radical (unpaired) electrons. The molecule has 0 aliphatic rings. The number of nitrogens with zero attached hydrogens (tertiary/aromatic N) is 2. The average Bonchev–Trinajstić information content (AvgIpc) is 3.08. The summed E-state index contributed by atoms with van der Waals surface area (Å²) in [7, 11) is 0. The third kappa shape index (κ3) is 5.08. The van der Waals surface area contributed by atoms with E-state index in [9.17, 15) is 19.7 Å². The topological polar surface area (TPSA) is 90.4 Å². The zero-order chi connectivity index (χ0) is 21.7. The lowest BCUT2D eigenvalue weighted by atomic mass is 10.1. The van der Waals surface area contributed by atoms with Crippen LogP contribution in [0.4, 0.5) is 5.69 Å². The molecule has 154 valence electrons. The van der Waals surface area contributed by atoms with Crippen molar-refractivity contribution >= 4 is 40.4 Å². The maximum absolute atomic E-state index is 12.4. The van der Waals surface area contributed by atoms with Gasteiger partial charge in [0.2, 0.25) is 17.8 Å². The zero-order valence-corrected chi connectivity index (χ0v) is 17.6. The van der Waals surface area contributed by atoms with Gasteiger partial charge in [0.25, 0.3) is 5.69 Å². The number of nitro benzene ring substituents is 1. The fourth-order valence-electron chi connectivity index (χ4n) is 2.82. The number of esters is 1. The SMILES string of the molecule is Cc1c(CCOC(=O)c2ccc(Cl)c([N+](=O)[O-])c2)sc[n+]1CC(=O)c1ccccc1. The van der Waals surface area contributed by atoms with Gasteiger partial charge in [0.1, 0.15) is 5.02 Å². The summed E-state index contributed by atoms with van der Waals surface area (Å²) in [5, 5.41) is 10.9. The molecule has 0 bridgehead atoms. The van der Waals surface area contributed by atoms with Crippen LogP contribution in [0.25, 0.3) is 0 Å². The molecule has 7 nitrogen and oxygen atoms in total. The van der Waals surface area contributed by atoms with Gasteiger partial charge in [-0.3, -0.25) is 14.9 Å². The van der Waals surface area contributed by atoms with E-state index >= 15 is 0 Å². The smallest absolute Gasteiger partial charge is 0.338 e. The van der Waals surface area contributed by atoms with Crippen LogP contribution in [-0.2, 0) is 17.7 Å². The van der Waals surface area contributed by atoms with Crippen LogP contribution in [0.5, 0.6) is 0 Å². The van der Waals surface area contributed by atoms with E-state index in [2.05, 4.69) is 0 Å². The second kappa shape index (κ2) is 9.60. The van der Waals surface area contributed by atoms with E-state index in [1.807, 2.05) is 35.2 Å². The Morgan fingerprint density at radius 3 is 2.60 bits per heavy atom. The standard InChI is InChI=1S/C21H18ClN2O5S/c1-14-20(30-13-23(14)12-19(25)15-5-3-2-4-6-15)9-10-29-21(26)16-7-8-17(22)18(11-16)24(27)28/h2-8,11,13H,9-10,12H2,1H3/q+1. The third-order valence-electron chi connectivity index (χ3n) is 4.51. The van der Waals surface area contributed by atoms with Gasteiger partial charge in [-0.2, -0.15) is 4.57 Å². The van der Waals surface area contributed by atoms with Crippen LogP contribution in [0, 0.1) is 17.0 Å². The summed E-state index contributed by atoms with van der Waals surface area (Å²) in [5.41, 5.74) is 3.18. The summed E-state index contributed by atoms with van der Waals surface area (Å²) in [6, 6.07) is 12.9. The predicted molar refractivity (Wildman–Crippen MR) is 112 cm³/mol. The van der Waals surface area contributed by atoms with E-state index in [1.54, 1.807) is 12.1 Å². The van der Waals surface area contributed by atoms with Crippen LogP contribution < -0.4 is 4.57 Å². The Morgan fingerprint density at radius 1 is 1.17 bits per heavy atom. The van der Waals surface area contributed by atoms with Crippen molar-refractivity contribution in [3.63, 3.8) is 0 Å². The molecular weight excluding hydrogens is 428 g/mol. The maximum atomic E-state index is 12.4. The highest BCUT2D eigenvalue weighted by Crippen LogP contribution is 2.25. The van der Waals surface area contributed by atoms with E-state index in [0.29, 0.717) is 12.0 Å². The highest BCUT2D eigenvalue weighted by Gasteiger charge is 2.20. The Balaban J connectivity index is 1.58. The van der Waals surface area contributed by atoms with Crippen LogP contribution >= 0.6 is 22.9 Å². The predicted octanol–water partition coefficient (Wildman–Crippen LogP) is 4.19. The Kier molecular flexibility index (Phi) is 6.91. The highest BCUT2D eigenvalue weighted by molar-refractivity contribution is 7.09. The molecule has 0 aliphatic carbocycles. The number of ketones is 1. The van der Waals surface area contributed by atoms with Crippen molar-refractivity contribution in [3.05, 3.63) is 90.9 Å². The molecule has 0 unspecified atom stereocenters. The first-order valence-corrected chi connectivity index (χ1v) is 10.3. The van der Waals surface area contributed by atoms with E-state index in [0.717, 1.165) is 16.6 Å². The molecule has 3 rings (SSSR count). The number of ether oxygens (including phenoxy) is 1. The van der Waals surface area contributed by atoms with Gasteiger partial charge in [0.15, 0.2) is 5.69 Å². The summed E-state index contributed by atoms with van der Waals surface area (Å²) in [6.45, 7) is 2.26. The lowest BCUT2D eigenvalue weighted by Gasteiger charge is -2.04. The first kappa shape index (κ1) is 21.6. The summed E-state index contributed by atoms with van der Waals surface area (Å²) < 4.78 is 7.12. The van der Waals surface area contributed by atoms with Crippen LogP contribution in [-0.4, -0.2) is 23.3 Å². The molecule has 0 N–H and O–H groups in total. The van der Waals surface area contributed by atoms with Gasteiger partial charge in [-0.25, -0.2) is 4.79 Å². The second-order valence-corrected chi connectivity index (χ2v) is 7.80. The number of nitro groups is 1. The molecule has 0 saturated heterocycles. The molecule has 0 amide bonds. The minimum Gasteiger partial charge on any atom is -0.462 e. The van der Waals surface area contributed by atoms with Gasteiger partial charge >= 0.3 is 5.97 Å². The second-order valence-electron chi connectivity index (χ2n) is 6.46. The zero-order valence-electron chi connectivity index (χ0n) is 16.0. The van der Waals surface area contributed by atoms with E-state index in [1.165, 1.54) is 23.5 Å². The average molecular weight is 446 g/mol. The molecule has 9 heteroatoms. The van der Waals surface area contributed by atoms with E-state index < -0.39 is 10.9 Å². The normalized spacial score (nSPS) is 10.6. The largest absolute Gasteiger partial charge is 0.462 e. The summed E-state index contributed by atoms with van der Waals surface area (Å²) >= 11 is 7.24. The minimum atomic E-state index is -0.656. The van der Waals surface area contributed by atoms with Crippen LogP contribution in [0.1, 0.15) is 31.3 Å². The molecule has 2 aromatic carbocycles. The molecule has 30 heavy (non-hydrogen) atoms. The van der Waals surface area contributed by atoms with Crippen molar-refractivity contribution in [2.75, 3.05) is 6.61 Å². The van der Waals surface area contributed by atoms with Gasteiger partial charge in [-0.15, -0.1) is 0 Å². The third-order valence-corrected chi connectivity index (χ3v) is 5.97. The highest BCUT2D eigenvalue weighted by atomic mass is 35.5. The molecule has 1 heterocycles. The van der Waals surface area contributed by atoms with Gasteiger partial charge in [-0.05, 0) is 12.1 Å². The maximum Gasteiger partial charge on any atom is 0.338 e. The lowest BCUT2D eigenvalue weighted by Crippen LogP contribution is -2.38. The Bertz CT molecular complexity index is 1100. The first-order valence-electron chi connectivity index (χ1n) is 9.02. The Labute approximate surface area is 181 Å². The molecule has 0 saturated carbocycles. The van der Waals surface area contributed by atoms with Crippen molar-refractivity contribution in [1.82, 2.24) is 0 Å². The van der Waals surface area contributed by atoms with Crippen molar-refractivity contribution in [1.29, 1.82) is 0 Å². The van der Waals surface area contributed by atoms with Crippen molar-refractivity contribution in [2.24, 2.45) is 0 Å². The number of halogens is 1. The molecular formula is C21H18ClN2O5S+. The Hall–Kier alpha value is -3.10. The first-order chi connectivity index (χ1) is 14.4. The number of hydrogen-bond donors (Lipinski definition) is 0. The number of carbonyl (C=O) groups is 2. The Morgan fingerprint density at radius 2 is 1.90 bits per heavy atom. The number of rotatable bonds is 8. The van der Waals surface area contributed by atoms with Gasteiger partial charge in [0.05, 0.1) is 22.0 Å². The summed E-state index contributed by atoms with van der Waals surface area (Å²) in [4.78, 5) is 35.9. The molecule has 0 atom stereocenters. The summed E-state index contributed by atoms with van der Waals surface area (Å²) in [6.07, 6.45) is 0.477. The number of carbonyl (C=O) groups excluding carboxylic acids is 2. The van der Waals surface area contributed by atoms with Crippen LogP contribution in [0.3, 0.4) is 0 Å². The van der Waals surface area contributed by atoms with Crippen LogP contribution in [0.15, 0.2) is 54.0 Å². The molecule has 0 aliphatic heterocycles. The van der Waals surface area contributed by atoms with Gasteiger partial charge in [-0.1, -0.05) is 53.3 Å². The van der Waals surface area contributed by atoms with E-state index in [-0.39, 0.29) is 35.2 Å². The number of hydrogen-bond acceptors (Lipinski definition) is 6. The van der Waals surface area contributed by atoms with E-state index in [4.69, 9.17) is 16.3 Å². The summed E-state index contributed by atoms with van der Waals surface area (Å²) in [5.74, 6) is -0.639. The fraction of sp³-hybridized carbons (Fsp3) is 0.190. The number of Topliss-reactive ketones (excluding diaryl/α,β-unsaturated/α-hetero) is 1. The van der Waals surface area contributed by atoms with Crippen molar-refractivity contribution < 1.29 is 23.8 Å². The van der Waals surface area contributed by atoms with Gasteiger partial charge < -0.3 is 4.74 Å². The number of aromatic nitrogens is 1. The molecule has 1 aromatic heterocycles. The molecule has 0 spiro atoms.